The van der Waals surface area contributed by atoms with Crippen molar-refractivity contribution in [3.05, 3.63) is 35.4 Å². The van der Waals surface area contributed by atoms with E-state index in [-0.39, 0.29) is 5.56 Å². The molecule has 5 heteroatoms. The lowest BCUT2D eigenvalue weighted by Crippen LogP contribution is -2.35. The highest BCUT2D eigenvalue weighted by atomic mass is 19.2. The van der Waals surface area contributed by atoms with Gasteiger partial charge in [-0.3, -0.25) is 4.90 Å². The van der Waals surface area contributed by atoms with Gasteiger partial charge in [0.25, 0.3) is 0 Å². The third-order valence-corrected chi connectivity index (χ3v) is 3.04. The zero-order chi connectivity index (χ0) is 14.3. The van der Waals surface area contributed by atoms with Gasteiger partial charge in [-0.2, -0.15) is 0 Å². The standard InChI is InChI=1S/C14H22F2N2O/c1-3-18(8-9-19-4-2)10-13(17)11-6-5-7-12(15)14(11)16/h5-7,13H,3-4,8-10,17H2,1-2H3. The van der Waals surface area contributed by atoms with Crippen molar-refractivity contribution < 1.29 is 13.5 Å². The average molecular weight is 272 g/mol. The van der Waals surface area contributed by atoms with E-state index < -0.39 is 17.7 Å². The molecule has 0 fully saturated rings. The molecule has 0 aromatic heterocycles. The molecule has 0 aliphatic heterocycles. The molecule has 1 aromatic rings. The van der Waals surface area contributed by atoms with E-state index in [1.807, 2.05) is 13.8 Å². The fourth-order valence-electron chi connectivity index (χ4n) is 1.90. The van der Waals surface area contributed by atoms with Crippen LogP contribution in [0.1, 0.15) is 25.5 Å². The third kappa shape index (κ3) is 4.86. The van der Waals surface area contributed by atoms with Crippen molar-refractivity contribution in [3.8, 4) is 0 Å². The van der Waals surface area contributed by atoms with Gasteiger partial charge >= 0.3 is 0 Å². The molecule has 0 radical (unpaired) electrons. The molecule has 0 aliphatic carbocycles. The summed E-state index contributed by atoms with van der Waals surface area (Å²) in [4.78, 5) is 2.06. The second kappa shape index (κ2) is 8.19. The van der Waals surface area contributed by atoms with Crippen LogP contribution in [0.5, 0.6) is 0 Å². The number of halogens is 2. The van der Waals surface area contributed by atoms with Crippen LogP contribution in [0.15, 0.2) is 18.2 Å². The van der Waals surface area contributed by atoms with Crippen molar-refractivity contribution in [1.29, 1.82) is 0 Å². The van der Waals surface area contributed by atoms with Crippen LogP contribution in [0.2, 0.25) is 0 Å². The van der Waals surface area contributed by atoms with E-state index in [1.54, 1.807) is 0 Å². The second-order valence-electron chi connectivity index (χ2n) is 4.34. The normalized spacial score (nSPS) is 12.9. The second-order valence-corrected chi connectivity index (χ2v) is 4.34. The number of nitrogens with zero attached hydrogens (tertiary/aromatic N) is 1. The minimum absolute atomic E-state index is 0.217. The summed E-state index contributed by atoms with van der Waals surface area (Å²) in [5, 5.41) is 0. The predicted molar refractivity (Wildman–Crippen MR) is 71.9 cm³/mol. The van der Waals surface area contributed by atoms with E-state index in [0.29, 0.717) is 19.8 Å². The lowest BCUT2D eigenvalue weighted by molar-refractivity contribution is 0.113. The van der Waals surface area contributed by atoms with E-state index in [9.17, 15) is 8.78 Å². The number of rotatable bonds is 8. The fourth-order valence-corrected chi connectivity index (χ4v) is 1.90. The topological polar surface area (TPSA) is 38.5 Å². The molecule has 0 amide bonds. The third-order valence-electron chi connectivity index (χ3n) is 3.04. The van der Waals surface area contributed by atoms with Crippen molar-refractivity contribution in [2.75, 3.05) is 32.8 Å². The van der Waals surface area contributed by atoms with Gasteiger partial charge in [-0.15, -0.1) is 0 Å². The number of likely N-dealkylation sites (N-methyl/N-ethyl adjacent to an activating group) is 1. The molecule has 108 valence electrons. The quantitative estimate of drug-likeness (QED) is 0.738. The monoisotopic (exact) mass is 272 g/mol. The number of nitrogens with two attached hydrogens (primary N) is 1. The Morgan fingerprint density at radius 2 is 2.05 bits per heavy atom. The summed E-state index contributed by atoms with van der Waals surface area (Å²) in [5.74, 6) is -1.71. The van der Waals surface area contributed by atoms with E-state index in [2.05, 4.69) is 4.90 Å². The van der Waals surface area contributed by atoms with Crippen LogP contribution in [-0.2, 0) is 4.74 Å². The lowest BCUT2D eigenvalue weighted by Gasteiger charge is -2.24. The Morgan fingerprint density at radius 1 is 1.32 bits per heavy atom. The maximum Gasteiger partial charge on any atom is 0.163 e. The number of benzene rings is 1. The van der Waals surface area contributed by atoms with Crippen LogP contribution in [0, 0.1) is 11.6 Å². The maximum absolute atomic E-state index is 13.6. The summed E-state index contributed by atoms with van der Waals surface area (Å²) < 4.78 is 32.0. The number of hydrogen-bond acceptors (Lipinski definition) is 3. The van der Waals surface area contributed by atoms with Crippen molar-refractivity contribution in [1.82, 2.24) is 4.90 Å². The molecule has 1 aromatic carbocycles. The van der Waals surface area contributed by atoms with Crippen LogP contribution < -0.4 is 5.73 Å². The number of hydrogen-bond donors (Lipinski definition) is 1. The lowest BCUT2D eigenvalue weighted by atomic mass is 10.1. The molecule has 0 aliphatic rings. The highest BCUT2D eigenvalue weighted by Crippen LogP contribution is 2.18. The maximum atomic E-state index is 13.6. The molecule has 19 heavy (non-hydrogen) atoms. The van der Waals surface area contributed by atoms with Crippen molar-refractivity contribution in [2.24, 2.45) is 5.73 Å². The summed E-state index contributed by atoms with van der Waals surface area (Å²) in [6.07, 6.45) is 0. The van der Waals surface area contributed by atoms with Gasteiger partial charge in [0.1, 0.15) is 0 Å². The average Bonchev–Trinajstić information content (AvgIpc) is 2.40. The van der Waals surface area contributed by atoms with E-state index in [1.165, 1.54) is 12.1 Å². The summed E-state index contributed by atoms with van der Waals surface area (Å²) in [6, 6.07) is 3.55. The first-order valence-electron chi connectivity index (χ1n) is 6.59. The van der Waals surface area contributed by atoms with Gasteiger partial charge in [0, 0.05) is 31.3 Å². The van der Waals surface area contributed by atoms with E-state index in [4.69, 9.17) is 10.5 Å². The fraction of sp³-hybridized carbons (Fsp3) is 0.571. The highest BCUT2D eigenvalue weighted by Gasteiger charge is 2.17. The SMILES string of the molecule is CCOCCN(CC)CC(N)c1cccc(F)c1F. The molecular weight excluding hydrogens is 250 g/mol. The molecule has 1 unspecified atom stereocenters. The molecule has 0 spiro atoms. The van der Waals surface area contributed by atoms with Crippen molar-refractivity contribution >= 4 is 0 Å². The largest absolute Gasteiger partial charge is 0.380 e. The minimum atomic E-state index is -0.856. The smallest absolute Gasteiger partial charge is 0.163 e. The Balaban J connectivity index is 2.61. The predicted octanol–water partition coefficient (Wildman–Crippen LogP) is 2.32. The van der Waals surface area contributed by atoms with E-state index in [0.717, 1.165) is 19.2 Å². The first-order valence-corrected chi connectivity index (χ1v) is 6.59. The highest BCUT2D eigenvalue weighted by molar-refractivity contribution is 5.22. The molecule has 1 rings (SSSR count). The zero-order valence-corrected chi connectivity index (χ0v) is 11.5. The van der Waals surface area contributed by atoms with Gasteiger partial charge in [0.2, 0.25) is 0 Å². The van der Waals surface area contributed by atoms with Gasteiger partial charge in [0.15, 0.2) is 11.6 Å². The Bertz CT molecular complexity index is 388. The van der Waals surface area contributed by atoms with Crippen molar-refractivity contribution in [3.63, 3.8) is 0 Å². The van der Waals surface area contributed by atoms with Gasteiger partial charge < -0.3 is 10.5 Å². The first-order chi connectivity index (χ1) is 9.10. The molecule has 1 atom stereocenters. The Hall–Kier alpha value is -1.04. The van der Waals surface area contributed by atoms with Gasteiger partial charge in [0.05, 0.1) is 6.61 Å². The van der Waals surface area contributed by atoms with Crippen LogP contribution in [0.3, 0.4) is 0 Å². The molecular formula is C14H22F2N2O. The summed E-state index contributed by atoms with van der Waals surface area (Å²) in [6.45, 7) is 7.21. The summed E-state index contributed by atoms with van der Waals surface area (Å²) in [7, 11) is 0. The molecule has 0 heterocycles. The first kappa shape index (κ1) is 16.0. The van der Waals surface area contributed by atoms with Gasteiger partial charge in [-0.25, -0.2) is 8.78 Å². The Kier molecular flexibility index (Phi) is 6.91. The van der Waals surface area contributed by atoms with Crippen molar-refractivity contribution in [2.45, 2.75) is 19.9 Å². The van der Waals surface area contributed by atoms with Crippen LogP contribution in [0.4, 0.5) is 8.78 Å². The van der Waals surface area contributed by atoms with Gasteiger partial charge in [-0.05, 0) is 19.5 Å². The molecule has 3 nitrogen and oxygen atoms in total. The minimum Gasteiger partial charge on any atom is -0.380 e. The zero-order valence-electron chi connectivity index (χ0n) is 11.5. The number of ether oxygens (including phenoxy) is 1. The van der Waals surface area contributed by atoms with E-state index >= 15 is 0 Å². The molecule has 0 bridgehead atoms. The summed E-state index contributed by atoms with van der Waals surface area (Å²) in [5.41, 5.74) is 6.17. The van der Waals surface area contributed by atoms with Crippen LogP contribution in [0.25, 0.3) is 0 Å². The Labute approximate surface area is 113 Å². The molecule has 2 N–H and O–H groups in total. The molecule has 0 saturated carbocycles. The van der Waals surface area contributed by atoms with Crippen LogP contribution >= 0.6 is 0 Å². The summed E-state index contributed by atoms with van der Waals surface area (Å²) >= 11 is 0. The van der Waals surface area contributed by atoms with Gasteiger partial charge in [-0.1, -0.05) is 19.1 Å². The Morgan fingerprint density at radius 3 is 2.68 bits per heavy atom. The molecule has 0 saturated heterocycles. The van der Waals surface area contributed by atoms with Crippen LogP contribution in [-0.4, -0.2) is 37.7 Å².